The van der Waals surface area contributed by atoms with Gasteiger partial charge in [0, 0.05) is 57.3 Å². The van der Waals surface area contributed by atoms with Crippen molar-refractivity contribution >= 4 is 5.97 Å². The summed E-state index contributed by atoms with van der Waals surface area (Å²) in [4.78, 5) is 14.6. The summed E-state index contributed by atoms with van der Waals surface area (Å²) in [7, 11) is 0. The molecule has 0 aromatic rings. The number of rotatable bonds is 4. The molecule has 16 rings (SSSR count). The third kappa shape index (κ3) is 9.45. The number of ether oxygens (including phenoxy) is 13. The van der Waals surface area contributed by atoms with E-state index in [1.807, 2.05) is 0 Å². The van der Waals surface area contributed by atoms with Gasteiger partial charge in [-0.3, -0.25) is 4.79 Å². The average molecular weight is 1110 g/mol. The Labute approximate surface area is 466 Å². The summed E-state index contributed by atoms with van der Waals surface area (Å²) in [6, 6.07) is 0. The first kappa shape index (κ1) is 54.0. The maximum absolute atomic E-state index is 14.6. The summed E-state index contributed by atoms with van der Waals surface area (Å²) in [5, 5.41) is 30.4. The van der Waals surface area contributed by atoms with E-state index in [1.54, 1.807) is 0 Å². The SMILES string of the molecule is C=C1C[C@@H]2CC[C@@]34C[C@@H]5O[C@@H]6[C@@H](O[C@H]7CC[C@H](CC(=O)O[C@@H]8[C@@H](C)[C@@H]9C[C@@H]%10C[C@]%11(C[C@@H]%12C[C@@]%13(C[C@H](C)[C@@H]%12O%11)C[C@H](C)[C@@H]%11O[C@H]([C@H](O)C[C@H](O)CO)C[C@@H]%11O%13)O[C@@H]%10C[C@@H]9O[C@H]8CC8O[C@@H](CCC1O2)C[C@@H](C)C8=C)O[C@@H]7[C@@H]6O3)[C@H]5O4. The fourth-order valence-electron chi connectivity index (χ4n) is 19.7. The first-order chi connectivity index (χ1) is 38.0. The van der Waals surface area contributed by atoms with Crippen molar-refractivity contribution in [2.24, 2.45) is 41.4 Å². The minimum atomic E-state index is -0.982. The van der Waals surface area contributed by atoms with E-state index in [0.29, 0.717) is 32.1 Å². The third-order valence-electron chi connectivity index (χ3n) is 23.2. The van der Waals surface area contributed by atoms with Gasteiger partial charge in [-0.15, -0.1) is 0 Å². The van der Waals surface area contributed by atoms with E-state index in [0.717, 1.165) is 94.6 Å². The van der Waals surface area contributed by atoms with E-state index in [4.69, 9.17) is 61.6 Å². The first-order valence-corrected chi connectivity index (χ1v) is 31.5. The fourth-order valence-corrected chi connectivity index (χ4v) is 19.7. The van der Waals surface area contributed by atoms with Crippen LogP contribution in [0.3, 0.4) is 0 Å². The highest BCUT2D eigenvalue weighted by Gasteiger charge is 2.69. The smallest absolute Gasteiger partial charge is 0.308 e. The van der Waals surface area contributed by atoms with Gasteiger partial charge in [0.2, 0.25) is 0 Å². The summed E-state index contributed by atoms with van der Waals surface area (Å²) in [6.45, 7) is 17.9. The molecule has 14 heterocycles. The number of fused-ring (bicyclic) bond motifs is 10. The zero-order valence-corrected chi connectivity index (χ0v) is 47.1. The van der Waals surface area contributed by atoms with Crippen LogP contribution in [0, 0.1) is 41.4 Å². The molecule has 2 aliphatic carbocycles. The second-order valence-corrected chi connectivity index (χ2v) is 28.6. The lowest BCUT2D eigenvalue weighted by molar-refractivity contribution is -0.293. The summed E-state index contributed by atoms with van der Waals surface area (Å²) < 4.78 is 90.5. The van der Waals surface area contributed by atoms with Gasteiger partial charge in [0.15, 0.2) is 11.6 Å². The number of aliphatic hydroxyl groups excluding tert-OH is 3. The van der Waals surface area contributed by atoms with Crippen molar-refractivity contribution in [1.29, 1.82) is 0 Å². The van der Waals surface area contributed by atoms with Crippen molar-refractivity contribution in [2.75, 3.05) is 6.61 Å². The Kier molecular flexibility index (Phi) is 13.8. The second kappa shape index (κ2) is 20.2. The first-order valence-electron chi connectivity index (χ1n) is 31.5. The molecule has 0 radical (unpaired) electrons. The molecule has 2 unspecified atom stereocenters. The lowest BCUT2D eigenvalue weighted by atomic mass is 9.65. The van der Waals surface area contributed by atoms with Crippen molar-refractivity contribution < 1.29 is 81.7 Å². The average Bonchev–Trinajstić information content (AvgIpc) is 4.46. The predicted molar refractivity (Wildman–Crippen MR) is 280 cm³/mol. The van der Waals surface area contributed by atoms with Crippen LogP contribution in [0.2, 0.25) is 0 Å². The molecule has 12 bridgehead atoms. The monoisotopic (exact) mass is 1110 g/mol. The maximum atomic E-state index is 14.6. The number of esters is 1. The van der Waals surface area contributed by atoms with E-state index in [1.165, 1.54) is 0 Å². The molecule has 17 nitrogen and oxygen atoms in total. The van der Waals surface area contributed by atoms with Crippen LogP contribution >= 0.6 is 0 Å². The van der Waals surface area contributed by atoms with E-state index in [9.17, 15) is 20.1 Å². The summed E-state index contributed by atoms with van der Waals surface area (Å²) in [6.07, 6.45) is 8.40. The Morgan fingerprint density at radius 3 is 2.14 bits per heavy atom. The second-order valence-electron chi connectivity index (χ2n) is 28.6. The lowest BCUT2D eigenvalue weighted by Crippen LogP contribution is -2.61. The molecule has 16 fully saturated rings. The van der Waals surface area contributed by atoms with Gasteiger partial charge < -0.3 is 76.9 Å². The van der Waals surface area contributed by atoms with Gasteiger partial charge >= 0.3 is 5.97 Å². The van der Waals surface area contributed by atoms with Crippen LogP contribution in [-0.4, -0.2) is 179 Å². The lowest BCUT2D eigenvalue weighted by Gasteiger charge is -2.51. The van der Waals surface area contributed by atoms with Crippen molar-refractivity contribution in [3.05, 3.63) is 24.3 Å². The van der Waals surface area contributed by atoms with Crippen LogP contribution in [0.1, 0.15) is 156 Å². The van der Waals surface area contributed by atoms with Crippen LogP contribution < -0.4 is 0 Å². The Morgan fingerprint density at radius 2 is 1.29 bits per heavy atom. The summed E-state index contributed by atoms with van der Waals surface area (Å²) in [5.41, 5.74) is 1.90. The van der Waals surface area contributed by atoms with E-state index in [2.05, 4.69) is 40.9 Å². The zero-order valence-electron chi connectivity index (χ0n) is 47.1. The number of hydrogen-bond donors (Lipinski definition) is 3. The topological polar surface area (TPSA) is 198 Å². The Bertz CT molecular complexity index is 2340. The highest BCUT2D eigenvalue weighted by atomic mass is 16.8. The molecule has 0 aromatic carbocycles. The van der Waals surface area contributed by atoms with E-state index >= 15 is 0 Å². The molecule has 0 amide bonds. The largest absolute Gasteiger partial charge is 0.459 e. The Hall–Kier alpha value is -1.65. The number of aliphatic hydroxyl groups is 3. The van der Waals surface area contributed by atoms with Gasteiger partial charge in [-0.2, -0.15) is 0 Å². The number of carbonyl (C=O) groups is 1. The van der Waals surface area contributed by atoms with Crippen LogP contribution in [0.4, 0.5) is 0 Å². The molecule has 16 aliphatic rings. The van der Waals surface area contributed by atoms with Gasteiger partial charge in [0.25, 0.3) is 0 Å². The van der Waals surface area contributed by atoms with Gasteiger partial charge in [-0.1, -0.05) is 40.9 Å². The molecule has 17 heteroatoms. The predicted octanol–water partition coefficient (Wildman–Crippen LogP) is 6.46. The van der Waals surface area contributed by atoms with Gasteiger partial charge in [0.1, 0.15) is 36.6 Å². The molecule has 14 saturated heterocycles. The molecule has 440 valence electrons. The van der Waals surface area contributed by atoms with E-state index < -0.39 is 54.8 Å². The molecular formula is C62H90O17. The highest BCUT2D eigenvalue weighted by Crippen LogP contribution is 2.61. The zero-order chi connectivity index (χ0) is 54.0. The molecule has 3 spiro atoms. The van der Waals surface area contributed by atoms with Crippen molar-refractivity contribution in [3.8, 4) is 0 Å². The standard InChI is InChI=1S/C62H90O17/c1-28-13-37-7-9-42-29(2)14-39(67-42)11-12-61-26-50-56(78-61)57-58(73-50)59(79-61)55-43(71-57)10-8-38(69-55)17-51(66)74-54-33(6)40-15-34-24-62(76-45(34)19-46(40)70-48(54)18-44(68-37)32(28)5)25-35-23-60(21-30(3)52(35)77-62)22-31(4)53-49(75-60)20-47(72-53)41(65)16-36(64)27-63/h28,30-31,33-50,52-59,63-65H,2,5,7-27H2,1,3-4,6H3/t28-,30+,31+,33+,34-,35+,36+,37+,38-,39+,40+,41-,42?,43+,44?,45-,46+,47+,48+,49+,50+,52+,53+,54-,55+,56+,57+,58-,59+,60-,61+,62+/m1/s1. The Balaban J connectivity index is 0.655. The minimum Gasteiger partial charge on any atom is -0.459 e. The van der Waals surface area contributed by atoms with Crippen LogP contribution in [0.5, 0.6) is 0 Å². The molecule has 3 N–H and O–H groups in total. The van der Waals surface area contributed by atoms with E-state index in [-0.39, 0.29) is 164 Å². The summed E-state index contributed by atoms with van der Waals surface area (Å²) in [5.74, 6) is -0.284. The van der Waals surface area contributed by atoms with Crippen molar-refractivity contribution in [1.82, 2.24) is 0 Å². The molecule has 2 saturated carbocycles. The number of hydrogen-bond acceptors (Lipinski definition) is 17. The molecule has 79 heavy (non-hydrogen) atoms. The highest BCUT2D eigenvalue weighted by molar-refractivity contribution is 5.70. The van der Waals surface area contributed by atoms with Crippen molar-refractivity contribution in [2.45, 2.75) is 308 Å². The fraction of sp³-hybridized carbons (Fsp3) is 0.919. The van der Waals surface area contributed by atoms with Gasteiger partial charge in [-0.05, 0) is 117 Å². The van der Waals surface area contributed by atoms with Crippen LogP contribution in [0.25, 0.3) is 0 Å². The number of carbonyl (C=O) groups excluding carboxylic acids is 1. The third-order valence-corrected chi connectivity index (χ3v) is 23.2. The van der Waals surface area contributed by atoms with Crippen molar-refractivity contribution in [3.63, 3.8) is 0 Å². The van der Waals surface area contributed by atoms with Gasteiger partial charge in [-0.25, -0.2) is 0 Å². The molecule has 0 aromatic heterocycles. The van der Waals surface area contributed by atoms with Gasteiger partial charge in [0.05, 0.1) is 116 Å². The molecular weight excluding hydrogens is 1020 g/mol. The quantitative estimate of drug-likeness (QED) is 0.205. The molecule has 32 atom stereocenters. The normalized spacial score (nSPS) is 57.2. The van der Waals surface area contributed by atoms with Crippen LogP contribution in [0.15, 0.2) is 24.3 Å². The van der Waals surface area contributed by atoms with Crippen LogP contribution in [-0.2, 0) is 66.4 Å². The maximum Gasteiger partial charge on any atom is 0.308 e. The Morgan fingerprint density at radius 1 is 0.544 bits per heavy atom. The summed E-state index contributed by atoms with van der Waals surface area (Å²) >= 11 is 0. The molecule has 14 aliphatic heterocycles. The minimum absolute atomic E-state index is 0.00963.